The topological polar surface area (TPSA) is 12.0 Å². The van der Waals surface area contributed by atoms with Gasteiger partial charge in [0.1, 0.15) is 0 Å². The van der Waals surface area contributed by atoms with E-state index < -0.39 is 0 Å². The molecule has 0 radical (unpaired) electrons. The second-order valence-electron chi connectivity index (χ2n) is 3.84. The van der Waals surface area contributed by atoms with E-state index in [-0.39, 0.29) is 0 Å². The van der Waals surface area contributed by atoms with Crippen LogP contribution >= 0.6 is 0 Å². The van der Waals surface area contributed by atoms with Crippen LogP contribution in [0.4, 0.5) is 0 Å². The van der Waals surface area contributed by atoms with Gasteiger partial charge in [-0.1, -0.05) is 43.7 Å². The van der Waals surface area contributed by atoms with E-state index in [0.717, 1.165) is 18.4 Å². The van der Waals surface area contributed by atoms with Gasteiger partial charge in [-0.25, -0.2) is 0 Å². The molecule has 0 saturated carbocycles. The standard InChI is InChI=1S/C12H17N/c1-2-10-8-13-9-12(10)11-6-4-3-5-7-11/h3-7,10,12-13H,2,8-9H2,1H3/t10-,12-/m1/s1. The first-order chi connectivity index (χ1) is 6.42. The van der Waals surface area contributed by atoms with E-state index in [1.807, 2.05) is 0 Å². The minimum atomic E-state index is 0.742. The van der Waals surface area contributed by atoms with Crippen molar-refractivity contribution in [3.63, 3.8) is 0 Å². The molecule has 13 heavy (non-hydrogen) atoms. The van der Waals surface area contributed by atoms with E-state index >= 15 is 0 Å². The predicted molar refractivity (Wildman–Crippen MR) is 55.8 cm³/mol. The summed E-state index contributed by atoms with van der Waals surface area (Å²) in [5, 5.41) is 3.47. The van der Waals surface area contributed by atoms with E-state index in [0.29, 0.717) is 0 Å². The van der Waals surface area contributed by atoms with Crippen LogP contribution in [0.25, 0.3) is 0 Å². The van der Waals surface area contributed by atoms with Gasteiger partial charge in [0.25, 0.3) is 0 Å². The van der Waals surface area contributed by atoms with Gasteiger partial charge in [-0.3, -0.25) is 0 Å². The highest BCUT2D eigenvalue weighted by molar-refractivity contribution is 5.22. The minimum Gasteiger partial charge on any atom is -0.316 e. The van der Waals surface area contributed by atoms with Crippen molar-refractivity contribution in [2.75, 3.05) is 13.1 Å². The van der Waals surface area contributed by atoms with E-state index in [4.69, 9.17) is 0 Å². The molecular formula is C12H17N. The fraction of sp³-hybridized carbons (Fsp3) is 0.500. The average Bonchev–Trinajstić information content (AvgIpc) is 2.67. The summed E-state index contributed by atoms with van der Waals surface area (Å²) < 4.78 is 0. The molecule has 70 valence electrons. The van der Waals surface area contributed by atoms with Crippen LogP contribution in [0, 0.1) is 5.92 Å². The van der Waals surface area contributed by atoms with Crippen LogP contribution in [-0.4, -0.2) is 13.1 Å². The third-order valence-corrected chi connectivity index (χ3v) is 3.09. The molecule has 1 aliphatic heterocycles. The lowest BCUT2D eigenvalue weighted by Gasteiger charge is -2.16. The second kappa shape index (κ2) is 3.93. The van der Waals surface area contributed by atoms with E-state index in [1.54, 1.807) is 0 Å². The zero-order chi connectivity index (χ0) is 9.10. The number of benzene rings is 1. The van der Waals surface area contributed by atoms with Crippen molar-refractivity contribution < 1.29 is 0 Å². The lowest BCUT2D eigenvalue weighted by atomic mass is 9.87. The Hall–Kier alpha value is -0.820. The molecule has 2 atom stereocenters. The first kappa shape index (κ1) is 8.76. The summed E-state index contributed by atoms with van der Waals surface area (Å²) in [7, 11) is 0. The monoisotopic (exact) mass is 175 g/mol. The maximum atomic E-state index is 3.47. The Morgan fingerprint density at radius 3 is 2.69 bits per heavy atom. The normalized spacial score (nSPS) is 27.8. The molecule has 0 bridgehead atoms. The lowest BCUT2D eigenvalue weighted by Crippen LogP contribution is -2.08. The van der Waals surface area contributed by atoms with Crippen LogP contribution in [0.5, 0.6) is 0 Å². The van der Waals surface area contributed by atoms with E-state index in [2.05, 4.69) is 42.6 Å². The predicted octanol–water partition coefficient (Wildman–Crippen LogP) is 2.40. The van der Waals surface area contributed by atoms with Crippen LogP contribution in [0.15, 0.2) is 30.3 Å². The molecule has 0 aromatic heterocycles. The van der Waals surface area contributed by atoms with E-state index in [9.17, 15) is 0 Å². The number of nitrogens with one attached hydrogen (secondary N) is 1. The molecule has 0 aliphatic carbocycles. The fourth-order valence-corrected chi connectivity index (χ4v) is 2.25. The summed E-state index contributed by atoms with van der Waals surface area (Å²) in [5.41, 5.74) is 1.50. The quantitative estimate of drug-likeness (QED) is 0.727. The number of hydrogen-bond donors (Lipinski definition) is 1. The van der Waals surface area contributed by atoms with Gasteiger partial charge in [-0.15, -0.1) is 0 Å². The molecule has 1 aromatic rings. The van der Waals surface area contributed by atoms with Gasteiger partial charge in [-0.05, 0) is 18.0 Å². The van der Waals surface area contributed by atoms with Crippen molar-refractivity contribution in [1.82, 2.24) is 5.32 Å². The van der Waals surface area contributed by atoms with Crippen molar-refractivity contribution in [3.8, 4) is 0 Å². The van der Waals surface area contributed by atoms with Gasteiger partial charge in [0.15, 0.2) is 0 Å². The highest BCUT2D eigenvalue weighted by Gasteiger charge is 2.26. The molecule has 1 nitrogen and oxygen atoms in total. The van der Waals surface area contributed by atoms with Crippen LogP contribution in [0.1, 0.15) is 24.8 Å². The van der Waals surface area contributed by atoms with Crippen molar-refractivity contribution in [3.05, 3.63) is 35.9 Å². The van der Waals surface area contributed by atoms with Crippen molar-refractivity contribution in [2.24, 2.45) is 5.92 Å². The Labute approximate surface area is 80.2 Å². The van der Waals surface area contributed by atoms with Gasteiger partial charge in [-0.2, -0.15) is 0 Å². The third-order valence-electron chi connectivity index (χ3n) is 3.09. The molecule has 1 heteroatoms. The SMILES string of the molecule is CC[C@@H]1CNC[C@H]1c1ccccc1. The average molecular weight is 175 g/mol. The van der Waals surface area contributed by atoms with E-state index in [1.165, 1.54) is 18.5 Å². The van der Waals surface area contributed by atoms with Crippen LogP contribution in [0.2, 0.25) is 0 Å². The molecule has 1 aliphatic rings. The Morgan fingerprint density at radius 2 is 2.00 bits per heavy atom. The van der Waals surface area contributed by atoms with Crippen LogP contribution < -0.4 is 5.32 Å². The second-order valence-corrected chi connectivity index (χ2v) is 3.84. The molecule has 1 N–H and O–H groups in total. The molecule has 1 saturated heterocycles. The Morgan fingerprint density at radius 1 is 1.23 bits per heavy atom. The molecule has 0 amide bonds. The molecule has 1 heterocycles. The summed E-state index contributed by atoms with van der Waals surface area (Å²) in [5.74, 6) is 1.58. The molecule has 2 rings (SSSR count). The lowest BCUT2D eigenvalue weighted by molar-refractivity contribution is 0.503. The van der Waals surface area contributed by atoms with Gasteiger partial charge < -0.3 is 5.32 Å². The van der Waals surface area contributed by atoms with Crippen LogP contribution in [-0.2, 0) is 0 Å². The summed E-state index contributed by atoms with van der Waals surface area (Å²) in [6, 6.07) is 10.9. The minimum absolute atomic E-state index is 0.742. The summed E-state index contributed by atoms with van der Waals surface area (Å²) in [6.45, 7) is 4.63. The van der Waals surface area contributed by atoms with Crippen LogP contribution in [0.3, 0.4) is 0 Å². The number of hydrogen-bond acceptors (Lipinski definition) is 1. The first-order valence-corrected chi connectivity index (χ1v) is 5.17. The van der Waals surface area contributed by atoms with Gasteiger partial charge in [0, 0.05) is 12.5 Å². The highest BCUT2D eigenvalue weighted by Crippen LogP contribution is 2.29. The smallest absolute Gasteiger partial charge is 0.00234 e. The van der Waals surface area contributed by atoms with Crippen molar-refractivity contribution in [2.45, 2.75) is 19.3 Å². The Bertz CT molecular complexity index is 255. The van der Waals surface area contributed by atoms with Gasteiger partial charge >= 0.3 is 0 Å². The molecular weight excluding hydrogens is 158 g/mol. The first-order valence-electron chi connectivity index (χ1n) is 5.17. The van der Waals surface area contributed by atoms with Gasteiger partial charge in [0.05, 0.1) is 0 Å². The maximum Gasteiger partial charge on any atom is 0.00234 e. The summed E-state index contributed by atoms with van der Waals surface area (Å²) in [6.07, 6.45) is 1.28. The number of rotatable bonds is 2. The third kappa shape index (κ3) is 1.75. The molecule has 1 fully saturated rings. The highest BCUT2D eigenvalue weighted by atomic mass is 14.9. The maximum absolute atomic E-state index is 3.47. The Balaban J connectivity index is 2.16. The zero-order valence-corrected chi connectivity index (χ0v) is 8.16. The Kier molecular flexibility index (Phi) is 2.65. The molecule has 1 aromatic carbocycles. The molecule has 0 unspecified atom stereocenters. The summed E-state index contributed by atoms with van der Waals surface area (Å²) >= 11 is 0. The fourth-order valence-electron chi connectivity index (χ4n) is 2.25. The van der Waals surface area contributed by atoms with Crippen molar-refractivity contribution in [1.29, 1.82) is 0 Å². The van der Waals surface area contributed by atoms with Gasteiger partial charge in [0.2, 0.25) is 0 Å². The largest absolute Gasteiger partial charge is 0.316 e. The van der Waals surface area contributed by atoms with Crippen molar-refractivity contribution >= 4 is 0 Å². The zero-order valence-electron chi connectivity index (χ0n) is 8.16. The molecule has 0 spiro atoms. The summed E-state index contributed by atoms with van der Waals surface area (Å²) in [4.78, 5) is 0.